The number of ether oxygens (including phenoxy) is 1. The van der Waals surface area contributed by atoms with Gasteiger partial charge in [-0.3, -0.25) is 14.2 Å². The molecule has 4 aromatic rings. The molecule has 1 aliphatic carbocycles. The summed E-state index contributed by atoms with van der Waals surface area (Å²) in [5.41, 5.74) is 1.04. The van der Waals surface area contributed by atoms with Gasteiger partial charge in [0.25, 0.3) is 11.4 Å². The average molecular weight is 510 g/mol. The van der Waals surface area contributed by atoms with Crippen LogP contribution >= 0.6 is 11.6 Å². The maximum absolute atomic E-state index is 13.3. The van der Waals surface area contributed by atoms with Crippen molar-refractivity contribution in [1.82, 2.24) is 14.7 Å². The summed E-state index contributed by atoms with van der Waals surface area (Å²) in [4.78, 5) is 30.1. The first-order chi connectivity index (χ1) is 17.4. The summed E-state index contributed by atoms with van der Waals surface area (Å²) in [6.07, 6.45) is 2.06. The Labute approximate surface area is 209 Å². The number of nitrogens with zero attached hydrogens (tertiary/aromatic N) is 3. The van der Waals surface area contributed by atoms with E-state index in [-0.39, 0.29) is 36.9 Å². The largest absolute Gasteiger partial charge is 0.436 e. The van der Waals surface area contributed by atoms with Crippen LogP contribution in [-0.4, -0.2) is 26.8 Å². The Morgan fingerprint density at radius 2 is 1.89 bits per heavy atom. The predicted octanol–water partition coefficient (Wildman–Crippen LogP) is 5.16. The Hall–Kier alpha value is -4.18. The molecule has 1 amide bonds. The number of aromatic nitrogens is 3. The van der Waals surface area contributed by atoms with Crippen LogP contribution < -0.4 is 20.9 Å². The van der Waals surface area contributed by atoms with Gasteiger partial charge in [-0.25, -0.2) is 9.37 Å². The number of rotatable bonds is 8. The quantitative estimate of drug-likeness (QED) is 0.337. The fourth-order valence-corrected chi connectivity index (χ4v) is 3.83. The van der Waals surface area contributed by atoms with E-state index in [0.717, 1.165) is 5.56 Å². The molecule has 2 aromatic heterocycles. The number of nitrogens with one attached hydrogen (secondary N) is 2. The van der Waals surface area contributed by atoms with Crippen LogP contribution in [0.5, 0.6) is 11.6 Å². The lowest BCUT2D eigenvalue weighted by molar-refractivity contribution is -0.124. The standard InChI is InChI=1S/C25H21ClFN5O4/c26-17-3-1-15(2-4-17)14-32-24(34)21(30-23(33)16-11-18(27)12-16)13-28-25(32)29-19-5-7-20(8-6-19)36-22-9-10-35-31-22/h1-10,13,16,18H,11-12,14H2,(H,28,29)(H,30,33). The van der Waals surface area contributed by atoms with Crippen molar-refractivity contribution in [2.75, 3.05) is 10.6 Å². The van der Waals surface area contributed by atoms with Crippen molar-refractivity contribution < 1.29 is 18.4 Å². The molecule has 1 fully saturated rings. The van der Waals surface area contributed by atoms with Gasteiger partial charge in [0.15, 0.2) is 0 Å². The summed E-state index contributed by atoms with van der Waals surface area (Å²) in [5, 5.41) is 10.0. The molecule has 0 spiro atoms. The van der Waals surface area contributed by atoms with Gasteiger partial charge < -0.3 is 19.9 Å². The number of amides is 1. The van der Waals surface area contributed by atoms with Crippen molar-refractivity contribution >= 4 is 34.8 Å². The van der Waals surface area contributed by atoms with Gasteiger partial charge in [0.05, 0.1) is 12.7 Å². The Balaban J connectivity index is 1.40. The number of alkyl halides is 1. The smallest absolute Gasteiger partial charge is 0.279 e. The van der Waals surface area contributed by atoms with Crippen LogP contribution in [0.3, 0.4) is 0 Å². The molecular weight excluding hydrogens is 489 g/mol. The first kappa shape index (κ1) is 23.6. The number of hydrogen-bond acceptors (Lipinski definition) is 7. The maximum Gasteiger partial charge on any atom is 0.279 e. The number of carbonyl (C=O) groups is 1. The number of halogens is 2. The number of carbonyl (C=O) groups excluding carboxylic acids is 1. The minimum atomic E-state index is -0.972. The van der Waals surface area contributed by atoms with E-state index in [1.54, 1.807) is 54.6 Å². The molecule has 1 aliphatic rings. The lowest BCUT2D eigenvalue weighted by atomic mass is 9.83. The summed E-state index contributed by atoms with van der Waals surface area (Å²) in [5.74, 6) is 0.316. The van der Waals surface area contributed by atoms with E-state index in [1.807, 2.05) is 0 Å². The Kier molecular flexibility index (Phi) is 6.68. The lowest BCUT2D eigenvalue weighted by Gasteiger charge is -2.28. The minimum Gasteiger partial charge on any atom is -0.436 e. The molecule has 0 aliphatic heterocycles. The van der Waals surface area contributed by atoms with Gasteiger partial charge in [-0.15, -0.1) is 0 Å². The van der Waals surface area contributed by atoms with Gasteiger partial charge in [-0.05, 0) is 60.0 Å². The third-order valence-electron chi connectivity index (χ3n) is 5.76. The number of hydrogen-bond donors (Lipinski definition) is 2. The van der Waals surface area contributed by atoms with E-state index in [4.69, 9.17) is 20.9 Å². The molecule has 9 nitrogen and oxygen atoms in total. The van der Waals surface area contributed by atoms with Gasteiger partial charge in [0.2, 0.25) is 11.9 Å². The number of anilines is 3. The molecule has 184 valence electrons. The van der Waals surface area contributed by atoms with Gasteiger partial charge >= 0.3 is 0 Å². The summed E-state index contributed by atoms with van der Waals surface area (Å²) < 4.78 is 24.9. The first-order valence-corrected chi connectivity index (χ1v) is 11.6. The van der Waals surface area contributed by atoms with Crippen LogP contribution in [0.25, 0.3) is 0 Å². The zero-order valence-corrected chi connectivity index (χ0v) is 19.6. The molecule has 11 heteroatoms. The number of benzene rings is 2. The molecule has 36 heavy (non-hydrogen) atoms. The highest BCUT2D eigenvalue weighted by atomic mass is 35.5. The molecule has 0 saturated heterocycles. The topological polar surface area (TPSA) is 111 Å². The lowest BCUT2D eigenvalue weighted by Crippen LogP contribution is -2.37. The van der Waals surface area contributed by atoms with Gasteiger partial charge in [0.1, 0.15) is 23.9 Å². The van der Waals surface area contributed by atoms with Gasteiger partial charge in [0, 0.05) is 22.7 Å². The molecule has 0 bridgehead atoms. The summed E-state index contributed by atoms with van der Waals surface area (Å²) in [6, 6.07) is 15.6. The molecule has 5 rings (SSSR count). The van der Waals surface area contributed by atoms with E-state index in [0.29, 0.717) is 22.3 Å². The van der Waals surface area contributed by atoms with E-state index in [9.17, 15) is 14.0 Å². The zero-order valence-electron chi connectivity index (χ0n) is 18.9. The van der Waals surface area contributed by atoms with Crippen LogP contribution in [0, 0.1) is 5.92 Å². The SMILES string of the molecule is O=C(Nc1cnc(Nc2ccc(Oc3ccon3)cc2)n(Cc2ccc(Cl)cc2)c1=O)C1CC(F)C1. The van der Waals surface area contributed by atoms with Crippen molar-refractivity contribution in [3.05, 3.63) is 88.0 Å². The third-order valence-corrected chi connectivity index (χ3v) is 6.01. The summed E-state index contributed by atoms with van der Waals surface area (Å²) in [7, 11) is 0. The predicted molar refractivity (Wildman–Crippen MR) is 132 cm³/mol. The van der Waals surface area contributed by atoms with E-state index in [1.165, 1.54) is 17.0 Å². The molecule has 0 unspecified atom stereocenters. The van der Waals surface area contributed by atoms with Crippen molar-refractivity contribution in [2.24, 2.45) is 5.92 Å². The van der Waals surface area contributed by atoms with E-state index in [2.05, 4.69) is 20.8 Å². The van der Waals surface area contributed by atoms with Crippen LogP contribution in [0.2, 0.25) is 5.02 Å². The van der Waals surface area contributed by atoms with Crippen molar-refractivity contribution in [3.8, 4) is 11.6 Å². The third kappa shape index (κ3) is 5.38. The van der Waals surface area contributed by atoms with Crippen LogP contribution in [0.4, 0.5) is 21.7 Å². The van der Waals surface area contributed by atoms with Crippen LogP contribution in [-0.2, 0) is 11.3 Å². The van der Waals surface area contributed by atoms with Crippen molar-refractivity contribution in [1.29, 1.82) is 0 Å². The molecule has 2 aromatic carbocycles. The molecule has 1 saturated carbocycles. The average Bonchev–Trinajstić information content (AvgIpc) is 3.36. The second kappa shape index (κ2) is 10.2. The minimum absolute atomic E-state index is 0.0261. The van der Waals surface area contributed by atoms with Gasteiger partial charge in [-0.1, -0.05) is 23.7 Å². The second-order valence-corrected chi connectivity index (χ2v) is 8.79. The monoisotopic (exact) mass is 509 g/mol. The fourth-order valence-electron chi connectivity index (χ4n) is 3.70. The summed E-state index contributed by atoms with van der Waals surface area (Å²) in [6.45, 7) is 0.179. The molecule has 2 N–H and O–H groups in total. The van der Waals surface area contributed by atoms with Crippen LogP contribution in [0.15, 0.2) is 76.4 Å². The maximum atomic E-state index is 13.3. The zero-order chi connectivity index (χ0) is 25.1. The van der Waals surface area contributed by atoms with E-state index >= 15 is 0 Å². The molecule has 0 atom stereocenters. The van der Waals surface area contributed by atoms with Crippen molar-refractivity contribution in [3.63, 3.8) is 0 Å². The highest BCUT2D eigenvalue weighted by molar-refractivity contribution is 6.30. The Morgan fingerprint density at radius 1 is 1.14 bits per heavy atom. The van der Waals surface area contributed by atoms with Crippen molar-refractivity contribution in [2.45, 2.75) is 25.6 Å². The second-order valence-electron chi connectivity index (χ2n) is 8.36. The van der Waals surface area contributed by atoms with Crippen LogP contribution in [0.1, 0.15) is 18.4 Å². The highest BCUT2D eigenvalue weighted by Gasteiger charge is 2.34. The Bertz CT molecular complexity index is 1400. The Morgan fingerprint density at radius 3 is 2.56 bits per heavy atom. The molecular formula is C25H21ClFN5O4. The molecule has 2 heterocycles. The first-order valence-electron chi connectivity index (χ1n) is 11.2. The molecule has 0 radical (unpaired) electrons. The normalized spacial score (nSPS) is 16.7. The highest BCUT2D eigenvalue weighted by Crippen LogP contribution is 2.31. The van der Waals surface area contributed by atoms with Gasteiger partial charge in [-0.2, -0.15) is 0 Å². The fraction of sp³-hybridized carbons (Fsp3) is 0.200. The summed E-state index contributed by atoms with van der Waals surface area (Å²) >= 11 is 6.00. The van der Waals surface area contributed by atoms with E-state index < -0.39 is 17.6 Å².